The molecule has 0 aliphatic carbocycles. The van der Waals surface area contributed by atoms with Crippen LogP contribution in [0.1, 0.15) is 58.6 Å². The molecule has 3 heteroatoms. The molecule has 0 unspecified atom stereocenters. The van der Waals surface area contributed by atoms with Crippen LogP contribution < -0.4 is 10.8 Å². The summed E-state index contributed by atoms with van der Waals surface area (Å²) >= 11 is 0. The molecule has 2 nitrogen and oxygen atoms in total. The van der Waals surface area contributed by atoms with Crippen molar-refractivity contribution in [1.29, 1.82) is 5.41 Å². The number of hydrogen-bond donors (Lipinski definition) is 2. The number of benzene rings is 1. The van der Waals surface area contributed by atoms with Crippen LogP contribution in [-0.4, -0.2) is 20.0 Å². The lowest BCUT2D eigenvalue weighted by molar-refractivity contribution is 0.177. The fraction of sp³-hybridized carbons (Fsp3) is 0.591. The first-order valence-electron chi connectivity index (χ1n) is 9.77. The molecule has 1 aromatic carbocycles. The van der Waals surface area contributed by atoms with Crippen molar-refractivity contribution in [3.8, 4) is 0 Å². The maximum atomic E-state index is 7.70. The van der Waals surface area contributed by atoms with Crippen LogP contribution in [-0.2, 0) is 6.42 Å². The van der Waals surface area contributed by atoms with E-state index in [0.717, 1.165) is 17.6 Å². The average molecular weight is 338 g/mol. The molecule has 1 aromatic rings. The van der Waals surface area contributed by atoms with Gasteiger partial charge in [-0.15, -0.1) is 0 Å². The van der Waals surface area contributed by atoms with Crippen LogP contribution in [0.3, 0.4) is 0 Å². The van der Waals surface area contributed by atoms with Crippen molar-refractivity contribution >= 4 is 24.0 Å². The molecule has 0 saturated carbocycles. The first kappa shape index (κ1) is 19.8. The number of hydrogen-bond acceptors (Lipinski definition) is 2. The average Bonchev–Trinajstić information content (AvgIpc) is 2.78. The lowest BCUT2D eigenvalue weighted by atomic mass is 9.41. The highest BCUT2D eigenvalue weighted by atomic mass is 14.8. The van der Waals surface area contributed by atoms with E-state index in [9.17, 15) is 0 Å². The van der Waals surface area contributed by atoms with Gasteiger partial charge in [-0.2, -0.15) is 0 Å². The lowest BCUT2D eigenvalue weighted by Gasteiger charge is -2.35. The summed E-state index contributed by atoms with van der Waals surface area (Å²) in [4.78, 5) is 0. The zero-order chi connectivity index (χ0) is 18.7. The molecule has 0 radical (unpaired) electrons. The Hall–Kier alpha value is -1.51. The zero-order valence-corrected chi connectivity index (χ0v) is 17.0. The second kappa shape index (κ2) is 7.80. The molecule has 0 bridgehead atoms. The Labute approximate surface area is 155 Å². The lowest BCUT2D eigenvalue weighted by Crippen LogP contribution is -2.31. The molecular weight excluding hydrogens is 303 g/mol. The topological polar surface area (TPSA) is 35.9 Å². The maximum Gasteiger partial charge on any atom is 0.177 e. The third-order valence-electron chi connectivity index (χ3n) is 6.52. The van der Waals surface area contributed by atoms with Gasteiger partial charge < -0.3 is 10.7 Å². The van der Waals surface area contributed by atoms with Crippen molar-refractivity contribution in [3.05, 3.63) is 35.5 Å². The standard InChI is InChI=1S/C22H35BN2/c1-7-8-9-18-12-17(19(13-24)14-25-6)10-11-20(18)23-15-21(2,3)22(4,5)16-23/h10-14,24-25H,7-9,15-16H2,1-6H3/b19-14+,24-13?. The number of aryl methyl sites for hydroxylation is 1. The summed E-state index contributed by atoms with van der Waals surface area (Å²) in [6.07, 6.45) is 9.47. The van der Waals surface area contributed by atoms with E-state index in [1.807, 2.05) is 13.2 Å². The molecule has 1 saturated heterocycles. The molecule has 0 spiro atoms. The molecule has 1 aliphatic heterocycles. The summed E-state index contributed by atoms with van der Waals surface area (Å²) in [6, 6.07) is 6.88. The van der Waals surface area contributed by atoms with Gasteiger partial charge in [0.2, 0.25) is 0 Å². The summed E-state index contributed by atoms with van der Waals surface area (Å²) in [7, 11) is 1.89. The van der Waals surface area contributed by atoms with Gasteiger partial charge in [0.1, 0.15) is 0 Å². The Morgan fingerprint density at radius 2 is 1.84 bits per heavy atom. The van der Waals surface area contributed by atoms with Crippen molar-refractivity contribution in [1.82, 2.24) is 5.32 Å². The van der Waals surface area contributed by atoms with Crippen LogP contribution in [0, 0.1) is 16.2 Å². The van der Waals surface area contributed by atoms with Crippen LogP contribution in [0.2, 0.25) is 12.6 Å². The molecular formula is C22H35BN2. The van der Waals surface area contributed by atoms with E-state index in [-0.39, 0.29) is 0 Å². The first-order valence-corrected chi connectivity index (χ1v) is 9.77. The van der Waals surface area contributed by atoms with Crippen LogP contribution in [0.4, 0.5) is 0 Å². The van der Waals surface area contributed by atoms with Gasteiger partial charge in [0.05, 0.1) is 0 Å². The van der Waals surface area contributed by atoms with Crippen LogP contribution in [0.15, 0.2) is 24.4 Å². The highest BCUT2D eigenvalue weighted by molar-refractivity contribution is 6.74. The van der Waals surface area contributed by atoms with E-state index >= 15 is 0 Å². The third-order valence-corrected chi connectivity index (χ3v) is 6.52. The van der Waals surface area contributed by atoms with Crippen molar-refractivity contribution < 1.29 is 0 Å². The summed E-state index contributed by atoms with van der Waals surface area (Å²) in [5, 5.41) is 10.8. The van der Waals surface area contributed by atoms with Crippen LogP contribution in [0.5, 0.6) is 0 Å². The zero-order valence-electron chi connectivity index (χ0n) is 17.0. The largest absolute Gasteiger partial charge is 0.393 e. The Bertz CT molecular complexity index is 627. The van der Waals surface area contributed by atoms with Gasteiger partial charge in [0, 0.05) is 25.0 Å². The number of unbranched alkanes of at least 4 members (excludes halogenated alkanes) is 1. The van der Waals surface area contributed by atoms with Crippen molar-refractivity contribution in [2.24, 2.45) is 10.8 Å². The van der Waals surface area contributed by atoms with Crippen molar-refractivity contribution in [3.63, 3.8) is 0 Å². The SMILES string of the molecule is CCCCc1cc(/C(C=N)=C/NC)ccc1B1CC(C)(C)C(C)(C)C1. The van der Waals surface area contributed by atoms with E-state index in [0.29, 0.717) is 17.5 Å². The molecule has 0 aromatic heterocycles. The minimum Gasteiger partial charge on any atom is -0.393 e. The molecule has 136 valence electrons. The number of nitrogens with one attached hydrogen (secondary N) is 2. The molecule has 25 heavy (non-hydrogen) atoms. The summed E-state index contributed by atoms with van der Waals surface area (Å²) < 4.78 is 0. The molecule has 0 amide bonds. The number of rotatable bonds is 7. The molecule has 2 N–H and O–H groups in total. The Morgan fingerprint density at radius 1 is 1.20 bits per heavy atom. The van der Waals surface area contributed by atoms with Gasteiger partial charge in [-0.05, 0) is 29.2 Å². The fourth-order valence-corrected chi connectivity index (χ4v) is 4.21. The second-order valence-corrected chi connectivity index (χ2v) is 8.92. The van der Waals surface area contributed by atoms with Crippen LogP contribution >= 0.6 is 0 Å². The minimum atomic E-state index is 0.379. The minimum absolute atomic E-state index is 0.379. The molecule has 1 aliphatic rings. The maximum absolute atomic E-state index is 7.70. The second-order valence-electron chi connectivity index (χ2n) is 8.92. The predicted molar refractivity (Wildman–Crippen MR) is 113 cm³/mol. The molecule has 0 atom stereocenters. The fourth-order valence-electron chi connectivity index (χ4n) is 4.21. The van der Waals surface area contributed by atoms with Crippen molar-refractivity contribution in [2.75, 3.05) is 7.05 Å². The Morgan fingerprint density at radius 3 is 2.36 bits per heavy atom. The van der Waals surface area contributed by atoms with E-state index in [2.05, 4.69) is 58.1 Å². The summed E-state index contributed by atoms with van der Waals surface area (Å²) in [5.74, 6) is 0. The van der Waals surface area contributed by atoms with Crippen LogP contribution in [0.25, 0.3) is 5.57 Å². The van der Waals surface area contributed by atoms with Gasteiger partial charge in [0.25, 0.3) is 0 Å². The van der Waals surface area contributed by atoms with Gasteiger partial charge >= 0.3 is 0 Å². The molecule has 2 rings (SSSR count). The summed E-state index contributed by atoms with van der Waals surface area (Å²) in [6.45, 7) is 12.6. The highest BCUT2D eigenvalue weighted by Gasteiger charge is 2.48. The van der Waals surface area contributed by atoms with Crippen molar-refractivity contribution in [2.45, 2.75) is 66.5 Å². The normalized spacial score (nSPS) is 19.1. The van der Waals surface area contributed by atoms with Gasteiger partial charge in [-0.3, -0.25) is 0 Å². The predicted octanol–water partition coefficient (Wildman–Crippen LogP) is 5.01. The summed E-state index contributed by atoms with van der Waals surface area (Å²) in [5.41, 5.74) is 5.88. The first-order chi connectivity index (χ1) is 11.8. The monoisotopic (exact) mass is 338 g/mol. The number of allylic oxidation sites excluding steroid dienone is 1. The molecule has 1 heterocycles. The Balaban J connectivity index is 2.41. The van der Waals surface area contributed by atoms with E-state index in [4.69, 9.17) is 5.41 Å². The highest BCUT2D eigenvalue weighted by Crippen LogP contribution is 2.52. The molecule has 1 fully saturated rings. The van der Waals surface area contributed by atoms with Gasteiger partial charge in [-0.25, -0.2) is 0 Å². The Kier molecular flexibility index (Phi) is 6.19. The van der Waals surface area contributed by atoms with Gasteiger partial charge in [0.15, 0.2) is 6.71 Å². The van der Waals surface area contributed by atoms with E-state index < -0.39 is 0 Å². The third kappa shape index (κ3) is 4.19. The van der Waals surface area contributed by atoms with Gasteiger partial charge in [-0.1, -0.05) is 82.9 Å². The quantitative estimate of drug-likeness (QED) is 0.532. The van der Waals surface area contributed by atoms with E-state index in [1.54, 1.807) is 5.46 Å². The smallest absolute Gasteiger partial charge is 0.177 e. The van der Waals surface area contributed by atoms with E-state index in [1.165, 1.54) is 37.3 Å².